The van der Waals surface area contributed by atoms with Gasteiger partial charge in [-0.1, -0.05) is 49.4 Å². The van der Waals surface area contributed by atoms with Gasteiger partial charge < -0.3 is 10.1 Å². The number of para-hydroxylation sites is 1. The molecule has 0 fully saturated rings. The lowest BCUT2D eigenvalue weighted by atomic mass is 9.97. The van der Waals surface area contributed by atoms with Crippen LogP contribution in [0.3, 0.4) is 0 Å². The Bertz CT molecular complexity index is 1300. The molecule has 5 nitrogen and oxygen atoms in total. The standard InChI is InChI=1S/C28H26N2O3/c1-3-22(31)14-16-27(32)29-21-13-15-25-20(17-21)18-24(19-9-5-4-6-10-19)28(30-25)23-11-7-8-12-26(23)33-2/h4-13,15,17-18H,3,14,16H2,1-2H3,(H,29,32). The van der Waals surface area contributed by atoms with Crippen LogP contribution in [0.5, 0.6) is 5.75 Å². The largest absolute Gasteiger partial charge is 0.496 e. The molecule has 0 saturated heterocycles. The lowest BCUT2D eigenvalue weighted by molar-refractivity contribution is -0.122. The number of fused-ring (bicyclic) bond motifs is 1. The Kier molecular flexibility index (Phi) is 6.79. The smallest absolute Gasteiger partial charge is 0.224 e. The first kappa shape index (κ1) is 22.2. The van der Waals surface area contributed by atoms with Gasteiger partial charge in [-0.15, -0.1) is 0 Å². The molecule has 33 heavy (non-hydrogen) atoms. The van der Waals surface area contributed by atoms with Gasteiger partial charge in [0.15, 0.2) is 0 Å². The normalized spacial score (nSPS) is 10.7. The number of Topliss-reactive ketones (excluding diaryl/α,β-unsaturated/α-hetero) is 1. The molecule has 166 valence electrons. The molecule has 1 aromatic heterocycles. The molecule has 1 amide bonds. The number of ether oxygens (including phenoxy) is 1. The minimum Gasteiger partial charge on any atom is -0.496 e. The first-order valence-electron chi connectivity index (χ1n) is 11.0. The number of aromatic nitrogens is 1. The SMILES string of the molecule is CCC(=O)CCC(=O)Nc1ccc2nc(-c3ccccc3OC)c(-c3ccccc3)cc2c1. The van der Waals surface area contributed by atoms with Crippen LogP contribution in [0.4, 0.5) is 5.69 Å². The van der Waals surface area contributed by atoms with Gasteiger partial charge in [-0.2, -0.15) is 0 Å². The predicted octanol–water partition coefficient (Wildman–Crippen LogP) is 6.28. The summed E-state index contributed by atoms with van der Waals surface area (Å²) in [5.74, 6) is 0.675. The van der Waals surface area contributed by atoms with Crippen LogP contribution in [0.25, 0.3) is 33.3 Å². The lowest BCUT2D eigenvalue weighted by Crippen LogP contribution is -2.13. The average Bonchev–Trinajstić information content (AvgIpc) is 2.87. The van der Waals surface area contributed by atoms with Crippen LogP contribution in [-0.4, -0.2) is 23.8 Å². The monoisotopic (exact) mass is 438 g/mol. The minimum atomic E-state index is -0.168. The van der Waals surface area contributed by atoms with E-state index in [-0.39, 0.29) is 24.5 Å². The highest BCUT2D eigenvalue weighted by molar-refractivity contribution is 5.98. The topological polar surface area (TPSA) is 68.3 Å². The molecule has 3 aromatic carbocycles. The van der Waals surface area contributed by atoms with E-state index in [2.05, 4.69) is 23.5 Å². The maximum Gasteiger partial charge on any atom is 0.224 e. The molecule has 5 heteroatoms. The van der Waals surface area contributed by atoms with Crippen molar-refractivity contribution < 1.29 is 14.3 Å². The maximum atomic E-state index is 12.3. The maximum absolute atomic E-state index is 12.3. The lowest BCUT2D eigenvalue weighted by Gasteiger charge is -2.15. The van der Waals surface area contributed by atoms with Crippen LogP contribution < -0.4 is 10.1 Å². The number of carbonyl (C=O) groups excluding carboxylic acids is 2. The van der Waals surface area contributed by atoms with Crippen LogP contribution in [-0.2, 0) is 9.59 Å². The molecular formula is C28H26N2O3. The summed E-state index contributed by atoms with van der Waals surface area (Å²) in [6.07, 6.45) is 0.897. The van der Waals surface area contributed by atoms with Gasteiger partial charge in [-0.25, -0.2) is 4.98 Å². The molecule has 0 atom stereocenters. The van der Waals surface area contributed by atoms with Crippen molar-refractivity contribution in [3.8, 4) is 28.1 Å². The third kappa shape index (κ3) is 5.09. The summed E-state index contributed by atoms with van der Waals surface area (Å²) in [7, 11) is 1.66. The fraction of sp³-hybridized carbons (Fsp3) is 0.179. The molecule has 4 rings (SSSR count). The van der Waals surface area contributed by atoms with Crippen molar-refractivity contribution in [3.63, 3.8) is 0 Å². The van der Waals surface area contributed by atoms with Gasteiger partial charge >= 0.3 is 0 Å². The molecular weight excluding hydrogens is 412 g/mol. The second-order valence-corrected chi connectivity index (χ2v) is 7.80. The Labute approximate surface area is 193 Å². The van der Waals surface area contributed by atoms with E-state index in [1.54, 1.807) is 14.0 Å². The predicted molar refractivity (Wildman–Crippen MR) is 132 cm³/mol. The Balaban J connectivity index is 1.76. The van der Waals surface area contributed by atoms with E-state index < -0.39 is 0 Å². The number of hydrogen-bond donors (Lipinski definition) is 1. The first-order valence-corrected chi connectivity index (χ1v) is 11.0. The zero-order chi connectivity index (χ0) is 23.2. The highest BCUT2D eigenvalue weighted by atomic mass is 16.5. The van der Waals surface area contributed by atoms with E-state index in [0.717, 1.165) is 39.0 Å². The van der Waals surface area contributed by atoms with Gasteiger partial charge in [0, 0.05) is 41.5 Å². The van der Waals surface area contributed by atoms with E-state index in [1.165, 1.54) is 0 Å². The zero-order valence-corrected chi connectivity index (χ0v) is 18.8. The molecule has 4 aromatic rings. The number of amides is 1. The van der Waals surface area contributed by atoms with Crippen LogP contribution in [0.15, 0.2) is 78.9 Å². The molecule has 0 radical (unpaired) electrons. The van der Waals surface area contributed by atoms with E-state index >= 15 is 0 Å². The minimum absolute atomic E-state index is 0.0873. The number of hydrogen-bond acceptors (Lipinski definition) is 4. The van der Waals surface area contributed by atoms with Crippen LogP contribution in [0, 0.1) is 0 Å². The van der Waals surface area contributed by atoms with Crippen molar-refractivity contribution in [2.24, 2.45) is 0 Å². The molecule has 0 bridgehead atoms. The van der Waals surface area contributed by atoms with Crippen LogP contribution in [0.1, 0.15) is 26.2 Å². The number of rotatable bonds is 8. The molecule has 0 aliphatic rings. The van der Waals surface area contributed by atoms with E-state index in [1.807, 2.05) is 60.7 Å². The third-order valence-electron chi connectivity index (χ3n) is 5.57. The zero-order valence-electron chi connectivity index (χ0n) is 18.8. The van der Waals surface area contributed by atoms with E-state index in [0.29, 0.717) is 12.1 Å². The summed E-state index contributed by atoms with van der Waals surface area (Å²) in [6, 6.07) is 25.7. The van der Waals surface area contributed by atoms with Crippen LogP contribution >= 0.6 is 0 Å². The Morgan fingerprint density at radius 1 is 0.879 bits per heavy atom. The molecule has 0 saturated carbocycles. The number of carbonyl (C=O) groups is 2. The van der Waals surface area contributed by atoms with Gasteiger partial charge in [0.25, 0.3) is 0 Å². The highest BCUT2D eigenvalue weighted by Gasteiger charge is 2.15. The van der Waals surface area contributed by atoms with Crippen molar-refractivity contribution in [3.05, 3.63) is 78.9 Å². The number of methoxy groups -OCH3 is 1. The van der Waals surface area contributed by atoms with E-state index in [4.69, 9.17) is 9.72 Å². The van der Waals surface area contributed by atoms with Crippen molar-refractivity contribution in [1.82, 2.24) is 4.98 Å². The highest BCUT2D eigenvalue weighted by Crippen LogP contribution is 2.38. The number of nitrogens with one attached hydrogen (secondary N) is 1. The molecule has 0 aliphatic heterocycles. The Morgan fingerprint density at radius 3 is 2.39 bits per heavy atom. The quantitative estimate of drug-likeness (QED) is 0.352. The molecule has 1 heterocycles. The number of anilines is 1. The van der Waals surface area contributed by atoms with Gasteiger partial charge in [-0.05, 0) is 42.0 Å². The number of benzene rings is 3. The Morgan fingerprint density at radius 2 is 1.64 bits per heavy atom. The summed E-state index contributed by atoms with van der Waals surface area (Å²) in [4.78, 5) is 28.8. The molecule has 0 unspecified atom stereocenters. The summed E-state index contributed by atoms with van der Waals surface area (Å²) >= 11 is 0. The van der Waals surface area contributed by atoms with Crippen molar-refractivity contribution >= 4 is 28.3 Å². The van der Waals surface area contributed by atoms with Gasteiger partial charge in [-0.3, -0.25) is 9.59 Å². The van der Waals surface area contributed by atoms with Gasteiger partial charge in [0.2, 0.25) is 5.91 Å². The van der Waals surface area contributed by atoms with E-state index in [9.17, 15) is 9.59 Å². The third-order valence-corrected chi connectivity index (χ3v) is 5.57. The van der Waals surface area contributed by atoms with Gasteiger partial charge in [0.05, 0.1) is 18.3 Å². The number of nitrogens with zero attached hydrogens (tertiary/aromatic N) is 1. The summed E-state index contributed by atoms with van der Waals surface area (Å²) in [5, 5.41) is 3.81. The summed E-state index contributed by atoms with van der Waals surface area (Å²) in [5.41, 5.74) is 5.27. The van der Waals surface area contributed by atoms with Gasteiger partial charge in [0.1, 0.15) is 11.5 Å². The van der Waals surface area contributed by atoms with Crippen molar-refractivity contribution in [1.29, 1.82) is 0 Å². The molecule has 1 N–H and O–H groups in total. The fourth-order valence-corrected chi connectivity index (χ4v) is 3.79. The average molecular weight is 439 g/mol. The molecule has 0 aliphatic carbocycles. The van der Waals surface area contributed by atoms with Crippen molar-refractivity contribution in [2.45, 2.75) is 26.2 Å². The summed E-state index contributed by atoms with van der Waals surface area (Å²) < 4.78 is 5.60. The second kappa shape index (κ2) is 10.1. The Hall–Kier alpha value is -3.99. The summed E-state index contributed by atoms with van der Waals surface area (Å²) in [6.45, 7) is 1.81. The number of pyridine rings is 1. The molecule has 0 spiro atoms. The van der Waals surface area contributed by atoms with Crippen molar-refractivity contribution in [2.75, 3.05) is 12.4 Å². The fourth-order valence-electron chi connectivity index (χ4n) is 3.79. The number of ketones is 1. The van der Waals surface area contributed by atoms with Crippen LogP contribution in [0.2, 0.25) is 0 Å². The first-order chi connectivity index (χ1) is 16.1. The second-order valence-electron chi connectivity index (χ2n) is 7.80.